The maximum Gasteiger partial charge on any atom is 0.287 e. The molecular formula is C11H15N3O4. The van der Waals surface area contributed by atoms with Gasteiger partial charge in [0, 0.05) is 18.7 Å². The molecule has 2 rings (SSSR count). The number of nitrogens with zero attached hydrogens (tertiary/aromatic N) is 2. The number of rotatable bonds is 5. The van der Waals surface area contributed by atoms with E-state index in [0.717, 1.165) is 19.3 Å². The van der Waals surface area contributed by atoms with Crippen molar-refractivity contribution in [2.24, 2.45) is 0 Å². The normalized spacial score (nSPS) is 15.2. The highest BCUT2D eigenvalue weighted by Gasteiger charge is 2.30. The van der Waals surface area contributed by atoms with Gasteiger partial charge in [0.25, 0.3) is 11.6 Å². The zero-order valence-electron chi connectivity index (χ0n) is 9.83. The van der Waals surface area contributed by atoms with Gasteiger partial charge in [-0.2, -0.15) is 0 Å². The molecule has 0 unspecified atom stereocenters. The number of aromatic amines is 1. The minimum atomic E-state index is -0.549. The average molecular weight is 253 g/mol. The summed E-state index contributed by atoms with van der Waals surface area (Å²) in [6.45, 7) is 0.154. The number of amides is 1. The number of nitro groups is 1. The van der Waals surface area contributed by atoms with Crippen molar-refractivity contribution in [3.63, 3.8) is 0 Å². The van der Waals surface area contributed by atoms with E-state index in [0.29, 0.717) is 0 Å². The van der Waals surface area contributed by atoms with Gasteiger partial charge >= 0.3 is 0 Å². The van der Waals surface area contributed by atoms with Crippen LogP contribution in [0.1, 0.15) is 29.8 Å². The summed E-state index contributed by atoms with van der Waals surface area (Å²) in [4.78, 5) is 26.4. The SMILES string of the molecule is O=C(c1cc([N+](=O)[O-])c[nH]1)N(CCO)C1CCC1. The average Bonchev–Trinajstić information content (AvgIpc) is 2.74. The molecule has 1 aromatic heterocycles. The Hall–Kier alpha value is -1.89. The summed E-state index contributed by atoms with van der Waals surface area (Å²) in [5.74, 6) is -0.290. The largest absolute Gasteiger partial charge is 0.395 e. The van der Waals surface area contributed by atoms with Crippen molar-refractivity contribution in [1.29, 1.82) is 0 Å². The second kappa shape index (κ2) is 5.18. The molecule has 1 aliphatic carbocycles. The van der Waals surface area contributed by atoms with Gasteiger partial charge in [0.1, 0.15) is 5.69 Å². The summed E-state index contributed by atoms with van der Waals surface area (Å²) in [6.07, 6.45) is 4.12. The lowest BCUT2D eigenvalue weighted by atomic mass is 9.91. The Kier molecular flexibility index (Phi) is 3.61. The van der Waals surface area contributed by atoms with Crippen LogP contribution in [0.25, 0.3) is 0 Å². The van der Waals surface area contributed by atoms with Gasteiger partial charge in [0.05, 0.1) is 17.7 Å². The Morgan fingerprint density at radius 1 is 1.61 bits per heavy atom. The molecule has 7 nitrogen and oxygen atoms in total. The topological polar surface area (TPSA) is 99.5 Å². The highest BCUT2D eigenvalue weighted by Crippen LogP contribution is 2.26. The van der Waals surface area contributed by atoms with Gasteiger partial charge in [-0.1, -0.05) is 0 Å². The van der Waals surface area contributed by atoms with Crippen molar-refractivity contribution in [3.8, 4) is 0 Å². The first kappa shape index (κ1) is 12.6. The van der Waals surface area contributed by atoms with E-state index < -0.39 is 4.92 Å². The van der Waals surface area contributed by atoms with Crippen LogP contribution < -0.4 is 0 Å². The zero-order valence-corrected chi connectivity index (χ0v) is 9.83. The molecule has 1 fully saturated rings. The molecule has 2 N–H and O–H groups in total. The fourth-order valence-electron chi connectivity index (χ4n) is 2.02. The Morgan fingerprint density at radius 2 is 2.33 bits per heavy atom. The number of aliphatic hydroxyl groups excluding tert-OH is 1. The smallest absolute Gasteiger partial charge is 0.287 e. The van der Waals surface area contributed by atoms with E-state index in [1.54, 1.807) is 4.90 Å². The van der Waals surface area contributed by atoms with Crippen LogP contribution in [0.5, 0.6) is 0 Å². The van der Waals surface area contributed by atoms with Crippen molar-refractivity contribution < 1.29 is 14.8 Å². The van der Waals surface area contributed by atoms with Crippen molar-refractivity contribution in [2.45, 2.75) is 25.3 Å². The number of aliphatic hydroxyl groups is 1. The van der Waals surface area contributed by atoms with Crippen LogP contribution >= 0.6 is 0 Å². The third-order valence-electron chi connectivity index (χ3n) is 3.23. The Morgan fingerprint density at radius 3 is 2.78 bits per heavy atom. The van der Waals surface area contributed by atoms with Gasteiger partial charge in [-0.05, 0) is 19.3 Å². The molecule has 98 valence electrons. The second-order valence-corrected chi connectivity index (χ2v) is 4.34. The fraction of sp³-hybridized carbons (Fsp3) is 0.545. The summed E-state index contributed by atoms with van der Waals surface area (Å²) in [5, 5.41) is 19.5. The molecule has 0 spiro atoms. The number of aromatic nitrogens is 1. The lowest BCUT2D eigenvalue weighted by molar-refractivity contribution is -0.384. The molecule has 0 radical (unpaired) electrons. The van der Waals surface area contributed by atoms with Crippen molar-refractivity contribution in [3.05, 3.63) is 28.1 Å². The first-order valence-electron chi connectivity index (χ1n) is 5.88. The summed E-state index contributed by atoms with van der Waals surface area (Å²) in [7, 11) is 0. The van der Waals surface area contributed by atoms with Crippen molar-refractivity contribution in [1.82, 2.24) is 9.88 Å². The number of H-pyrrole nitrogens is 1. The van der Waals surface area contributed by atoms with Crippen molar-refractivity contribution in [2.75, 3.05) is 13.2 Å². The van der Waals surface area contributed by atoms with Gasteiger partial charge in [-0.3, -0.25) is 14.9 Å². The summed E-state index contributed by atoms with van der Waals surface area (Å²) in [6, 6.07) is 1.37. The summed E-state index contributed by atoms with van der Waals surface area (Å²) in [5.41, 5.74) is 0.0676. The highest BCUT2D eigenvalue weighted by atomic mass is 16.6. The van der Waals surface area contributed by atoms with Crippen LogP contribution in [0.4, 0.5) is 5.69 Å². The molecule has 0 atom stereocenters. The number of carbonyl (C=O) groups is 1. The van der Waals surface area contributed by atoms with Gasteiger partial charge in [0.15, 0.2) is 0 Å². The van der Waals surface area contributed by atoms with E-state index in [9.17, 15) is 14.9 Å². The van der Waals surface area contributed by atoms with Gasteiger partial charge in [0.2, 0.25) is 0 Å². The summed E-state index contributed by atoms with van der Waals surface area (Å²) >= 11 is 0. The minimum absolute atomic E-state index is 0.106. The molecule has 0 aromatic carbocycles. The fourth-order valence-corrected chi connectivity index (χ4v) is 2.02. The summed E-state index contributed by atoms with van der Waals surface area (Å²) < 4.78 is 0. The third-order valence-corrected chi connectivity index (χ3v) is 3.23. The standard InChI is InChI=1S/C11H15N3O4/c15-5-4-13(8-2-1-3-8)11(16)10-6-9(7-12-10)14(17)18/h6-8,12,15H,1-5H2. The van der Waals surface area contributed by atoms with E-state index in [-0.39, 0.29) is 36.5 Å². The molecule has 0 saturated heterocycles. The van der Waals surface area contributed by atoms with Gasteiger partial charge < -0.3 is 15.0 Å². The maximum absolute atomic E-state index is 12.2. The quantitative estimate of drug-likeness (QED) is 0.601. The number of hydrogen-bond donors (Lipinski definition) is 2. The predicted molar refractivity (Wildman–Crippen MR) is 63.2 cm³/mol. The Balaban J connectivity index is 2.13. The molecule has 1 saturated carbocycles. The van der Waals surface area contributed by atoms with Crippen LogP contribution in [0.2, 0.25) is 0 Å². The van der Waals surface area contributed by atoms with E-state index in [1.165, 1.54) is 12.3 Å². The minimum Gasteiger partial charge on any atom is -0.395 e. The lowest BCUT2D eigenvalue weighted by Gasteiger charge is -2.37. The molecule has 1 heterocycles. The van der Waals surface area contributed by atoms with E-state index in [2.05, 4.69) is 4.98 Å². The zero-order chi connectivity index (χ0) is 13.1. The van der Waals surface area contributed by atoms with Crippen LogP contribution in [0, 0.1) is 10.1 Å². The predicted octanol–water partition coefficient (Wildman–Crippen LogP) is 0.910. The molecule has 1 aromatic rings. The van der Waals surface area contributed by atoms with Gasteiger partial charge in [-0.15, -0.1) is 0 Å². The second-order valence-electron chi connectivity index (χ2n) is 4.34. The number of hydrogen-bond acceptors (Lipinski definition) is 4. The van der Waals surface area contributed by atoms with Crippen LogP contribution in [-0.4, -0.2) is 45.0 Å². The van der Waals surface area contributed by atoms with Crippen LogP contribution in [-0.2, 0) is 0 Å². The van der Waals surface area contributed by atoms with Crippen LogP contribution in [0.3, 0.4) is 0 Å². The molecular weight excluding hydrogens is 238 g/mol. The molecule has 0 aliphatic heterocycles. The molecule has 7 heteroatoms. The monoisotopic (exact) mass is 253 g/mol. The molecule has 18 heavy (non-hydrogen) atoms. The van der Waals surface area contributed by atoms with E-state index in [4.69, 9.17) is 5.11 Å². The lowest BCUT2D eigenvalue weighted by Crippen LogP contribution is -2.45. The Bertz CT molecular complexity index is 453. The molecule has 0 bridgehead atoms. The van der Waals surface area contributed by atoms with E-state index in [1.807, 2.05) is 0 Å². The third kappa shape index (κ3) is 2.35. The van der Waals surface area contributed by atoms with E-state index >= 15 is 0 Å². The first-order valence-corrected chi connectivity index (χ1v) is 5.88. The highest BCUT2D eigenvalue weighted by molar-refractivity contribution is 5.93. The molecule has 1 aliphatic rings. The maximum atomic E-state index is 12.2. The first-order chi connectivity index (χ1) is 8.63. The Labute approximate surface area is 104 Å². The molecule has 1 amide bonds. The number of nitrogens with one attached hydrogen (secondary N) is 1. The number of carbonyl (C=O) groups excluding carboxylic acids is 1. The van der Waals surface area contributed by atoms with Crippen molar-refractivity contribution >= 4 is 11.6 Å². The van der Waals surface area contributed by atoms with Crippen LogP contribution in [0.15, 0.2) is 12.3 Å². The van der Waals surface area contributed by atoms with Gasteiger partial charge in [-0.25, -0.2) is 0 Å².